The molecular weight excluding hydrogens is 268 g/mol. The van der Waals surface area contributed by atoms with Crippen molar-refractivity contribution in [1.29, 1.82) is 0 Å². The Morgan fingerprint density at radius 2 is 1.86 bits per heavy atom. The van der Waals surface area contributed by atoms with E-state index in [0.717, 1.165) is 5.69 Å². The molecule has 1 saturated carbocycles. The molecule has 1 N–H and O–H groups in total. The lowest BCUT2D eigenvalue weighted by Crippen LogP contribution is -2.50. The van der Waals surface area contributed by atoms with Crippen molar-refractivity contribution in [2.24, 2.45) is 0 Å². The summed E-state index contributed by atoms with van der Waals surface area (Å²) in [5.74, 6) is 0.00787. The minimum absolute atomic E-state index is 0.0577. The van der Waals surface area contributed by atoms with Crippen molar-refractivity contribution in [3.05, 3.63) is 24.0 Å². The van der Waals surface area contributed by atoms with Crippen molar-refractivity contribution in [2.45, 2.75) is 25.8 Å². The lowest BCUT2D eigenvalue weighted by molar-refractivity contribution is -0.130. The van der Waals surface area contributed by atoms with Gasteiger partial charge in [0.15, 0.2) is 0 Å². The van der Waals surface area contributed by atoms with Crippen LogP contribution in [0.5, 0.6) is 0 Å². The standard InChI is InChI=1S/C15H20N4O2/c1-11(20)18-6-8-19(9-7-18)15(21)14-10-13(4-5-16-14)17-12-2-3-12/h4-5,10,12H,2-3,6-9H2,1H3,(H,16,17). The van der Waals surface area contributed by atoms with Crippen LogP contribution in [-0.4, -0.2) is 58.8 Å². The van der Waals surface area contributed by atoms with Crippen molar-refractivity contribution in [1.82, 2.24) is 14.8 Å². The normalized spacial score (nSPS) is 18.5. The first kappa shape index (κ1) is 13.9. The number of amides is 2. The molecule has 3 rings (SSSR count). The molecule has 0 unspecified atom stereocenters. The molecule has 1 saturated heterocycles. The van der Waals surface area contributed by atoms with Crippen LogP contribution in [0.2, 0.25) is 0 Å². The van der Waals surface area contributed by atoms with Crippen molar-refractivity contribution in [3.63, 3.8) is 0 Å². The molecule has 0 bridgehead atoms. The Kier molecular flexibility index (Phi) is 3.77. The average Bonchev–Trinajstić information content (AvgIpc) is 3.31. The molecule has 1 aromatic rings. The highest BCUT2D eigenvalue weighted by atomic mass is 16.2. The summed E-state index contributed by atoms with van der Waals surface area (Å²) in [6.45, 7) is 3.90. The van der Waals surface area contributed by atoms with Crippen molar-refractivity contribution >= 4 is 17.5 Å². The van der Waals surface area contributed by atoms with Gasteiger partial charge in [0.2, 0.25) is 5.91 Å². The molecule has 0 atom stereocenters. The number of aromatic nitrogens is 1. The van der Waals surface area contributed by atoms with E-state index in [1.54, 1.807) is 22.9 Å². The molecule has 21 heavy (non-hydrogen) atoms. The number of pyridine rings is 1. The third-order valence-electron chi connectivity index (χ3n) is 3.94. The van der Waals surface area contributed by atoms with E-state index in [0.29, 0.717) is 37.9 Å². The molecule has 2 aliphatic rings. The Morgan fingerprint density at radius 1 is 1.19 bits per heavy atom. The second-order valence-corrected chi connectivity index (χ2v) is 5.65. The van der Waals surface area contributed by atoms with Gasteiger partial charge < -0.3 is 15.1 Å². The first-order chi connectivity index (χ1) is 10.1. The fraction of sp³-hybridized carbons (Fsp3) is 0.533. The fourth-order valence-electron chi connectivity index (χ4n) is 2.49. The Bertz CT molecular complexity index is 548. The van der Waals surface area contributed by atoms with E-state index < -0.39 is 0 Å². The molecule has 0 spiro atoms. The Morgan fingerprint density at radius 3 is 2.48 bits per heavy atom. The highest BCUT2D eigenvalue weighted by molar-refractivity contribution is 5.93. The predicted molar refractivity (Wildman–Crippen MR) is 79.0 cm³/mol. The SMILES string of the molecule is CC(=O)N1CCN(C(=O)c2cc(NC3CC3)ccn2)CC1. The number of hydrogen-bond acceptors (Lipinski definition) is 4. The lowest BCUT2D eigenvalue weighted by Gasteiger charge is -2.34. The van der Waals surface area contributed by atoms with Gasteiger partial charge in [-0.2, -0.15) is 0 Å². The molecule has 2 amide bonds. The second-order valence-electron chi connectivity index (χ2n) is 5.65. The molecule has 1 aliphatic carbocycles. The third kappa shape index (κ3) is 3.32. The van der Waals surface area contributed by atoms with Crippen LogP contribution in [0, 0.1) is 0 Å². The number of piperazine rings is 1. The molecule has 1 aromatic heterocycles. The van der Waals surface area contributed by atoms with Gasteiger partial charge in [-0.3, -0.25) is 14.6 Å². The summed E-state index contributed by atoms with van der Waals surface area (Å²) >= 11 is 0. The number of nitrogens with zero attached hydrogens (tertiary/aromatic N) is 3. The molecule has 0 radical (unpaired) electrons. The van der Waals surface area contributed by atoms with E-state index in [-0.39, 0.29) is 11.8 Å². The van der Waals surface area contributed by atoms with Crippen molar-refractivity contribution in [3.8, 4) is 0 Å². The van der Waals surface area contributed by atoms with Crippen molar-refractivity contribution in [2.75, 3.05) is 31.5 Å². The summed E-state index contributed by atoms with van der Waals surface area (Å²) in [4.78, 5) is 31.5. The van der Waals surface area contributed by atoms with Crippen LogP contribution in [0.15, 0.2) is 18.3 Å². The van der Waals surface area contributed by atoms with E-state index in [4.69, 9.17) is 0 Å². The molecule has 6 nitrogen and oxygen atoms in total. The van der Waals surface area contributed by atoms with E-state index in [9.17, 15) is 9.59 Å². The number of rotatable bonds is 3. The molecular formula is C15H20N4O2. The van der Waals surface area contributed by atoms with Gasteiger partial charge in [0.1, 0.15) is 5.69 Å². The number of hydrogen-bond donors (Lipinski definition) is 1. The van der Waals surface area contributed by atoms with Crippen LogP contribution in [0.1, 0.15) is 30.3 Å². The number of nitrogens with one attached hydrogen (secondary N) is 1. The molecule has 2 heterocycles. The summed E-state index contributed by atoms with van der Waals surface area (Å²) in [6.07, 6.45) is 4.06. The largest absolute Gasteiger partial charge is 0.382 e. The monoisotopic (exact) mass is 288 g/mol. The van der Waals surface area contributed by atoms with Crippen LogP contribution in [0.4, 0.5) is 5.69 Å². The maximum absolute atomic E-state index is 12.5. The zero-order valence-corrected chi connectivity index (χ0v) is 12.2. The zero-order valence-electron chi connectivity index (χ0n) is 12.2. The Labute approximate surface area is 124 Å². The summed E-state index contributed by atoms with van der Waals surface area (Å²) in [5, 5.41) is 3.37. The van der Waals surface area contributed by atoms with Gasteiger partial charge in [-0.25, -0.2) is 0 Å². The minimum atomic E-state index is -0.0577. The van der Waals surface area contributed by atoms with Gasteiger partial charge in [-0.05, 0) is 25.0 Å². The Balaban J connectivity index is 1.63. The van der Waals surface area contributed by atoms with E-state index in [2.05, 4.69) is 10.3 Å². The number of carbonyl (C=O) groups excluding carboxylic acids is 2. The van der Waals surface area contributed by atoms with Gasteiger partial charge in [0.05, 0.1) is 0 Å². The van der Waals surface area contributed by atoms with Crippen LogP contribution >= 0.6 is 0 Å². The average molecular weight is 288 g/mol. The topological polar surface area (TPSA) is 65.5 Å². The van der Waals surface area contributed by atoms with Gasteiger partial charge in [-0.1, -0.05) is 0 Å². The predicted octanol–water partition coefficient (Wildman–Crippen LogP) is 0.960. The number of carbonyl (C=O) groups is 2. The number of anilines is 1. The van der Waals surface area contributed by atoms with Crippen LogP contribution in [-0.2, 0) is 4.79 Å². The van der Waals surface area contributed by atoms with E-state index in [1.165, 1.54) is 12.8 Å². The highest BCUT2D eigenvalue weighted by Gasteiger charge is 2.25. The van der Waals surface area contributed by atoms with Crippen LogP contribution < -0.4 is 5.32 Å². The van der Waals surface area contributed by atoms with E-state index >= 15 is 0 Å². The molecule has 112 valence electrons. The highest BCUT2D eigenvalue weighted by Crippen LogP contribution is 2.24. The summed E-state index contributed by atoms with van der Waals surface area (Å²) < 4.78 is 0. The zero-order chi connectivity index (χ0) is 14.8. The van der Waals surface area contributed by atoms with Crippen LogP contribution in [0.3, 0.4) is 0 Å². The summed E-state index contributed by atoms with van der Waals surface area (Å²) in [7, 11) is 0. The van der Waals surface area contributed by atoms with E-state index in [1.807, 2.05) is 12.1 Å². The smallest absolute Gasteiger partial charge is 0.272 e. The lowest BCUT2D eigenvalue weighted by atomic mass is 10.2. The molecule has 1 aliphatic heterocycles. The van der Waals surface area contributed by atoms with Crippen molar-refractivity contribution < 1.29 is 9.59 Å². The first-order valence-electron chi connectivity index (χ1n) is 7.41. The second kappa shape index (κ2) is 5.71. The third-order valence-corrected chi connectivity index (χ3v) is 3.94. The fourth-order valence-corrected chi connectivity index (χ4v) is 2.49. The maximum Gasteiger partial charge on any atom is 0.272 e. The first-order valence-corrected chi connectivity index (χ1v) is 7.41. The van der Waals surface area contributed by atoms with Gasteiger partial charge in [-0.15, -0.1) is 0 Å². The van der Waals surface area contributed by atoms with Gasteiger partial charge in [0.25, 0.3) is 5.91 Å². The van der Waals surface area contributed by atoms with Gasteiger partial charge in [0, 0.05) is 51.0 Å². The quantitative estimate of drug-likeness (QED) is 0.899. The summed E-state index contributed by atoms with van der Waals surface area (Å²) in [6, 6.07) is 4.26. The van der Waals surface area contributed by atoms with Crippen LogP contribution in [0.25, 0.3) is 0 Å². The minimum Gasteiger partial charge on any atom is -0.382 e. The molecule has 2 fully saturated rings. The molecule has 6 heteroatoms. The summed E-state index contributed by atoms with van der Waals surface area (Å²) in [5.41, 5.74) is 1.43. The molecule has 0 aromatic carbocycles. The Hall–Kier alpha value is -2.11. The van der Waals surface area contributed by atoms with Gasteiger partial charge >= 0.3 is 0 Å². The maximum atomic E-state index is 12.5.